The van der Waals surface area contributed by atoms with Crippen LogP contribution in [0.5, 0.6) is 17.2 Å². The number of anilines is 1. The SMILES string of the molecule is COc1cccc(C(C)(C)CNc2cc(OC)c(OC)cc2C(=O)c2ccc(C(C)C)cc2)c1. The molecule has 0 atom stereocenters. The van der Waals surface area contributed by atoms with Crippen LogP contribution >= 0.6 is 0 Å². The van der Waals surface area contributed by atoms with E-state index in [1.54, 1.807) is 27.4 Å². The molecule has 0 spiro atoms. The van der Waals surface area contributed by atoms with Crippen LogP contribution in [0, 0.1) is 0 Å². The zero-order chi connectivity index (χ0) is 24.9. The van der Waals surface area contributed by atoms with Crippen LogP contribution in [-0.2, 0) is 5.41 Å². The highest BCUT2D eigenvalue weighted by Crippen LogP contribution is 2.36. The van der Waals surface area contributed by atoms with E-state index in [-0.39, 0.29) is 11.2 Å². The number of ether oxygens (including phenoxy) is 3. The fraction of sp³-hybridized carbons (Fsp3) is 0.345. The molecule has 0 aliphatic carbocycles. The number of benzene rings is 3. The molecule has 0 saturated carbocycles. The zero-order valence-electron chi connectivity index (χ0n) is 21.2. The summed E-state index contributed by atoms with van der Waals surface area (Å²) < 4.78 is 16.4. The molecule has 3 rings (SSSR count). The highest BCUT2D eigenvalue weighted by Gasteiger charge is 2.24. The van der Waals surface area contributed by atoms with Gasteiger partial charge in [-0.15, -0.1) is 0 Å². The van der Waals surface area contributed by atoms with Crippen LogP contribution in [-0.4, -0.2) is 33.7 Å². The highest BCUT2D eigenvalue weighted by molar-refractivity contribution is 6.12. The number of hydrogen-bond acceptors (Lipinski definition) is 5. The smallest absolute Gasteiger partial charge is 0.195 e. The number of methoxy groups -OCH3 is 3. The van der Waals surface area contributed by atoms with E-state index in [0.717, 1.165) is 11.3 Å². The second-order valence-corrected chi connectivity index (χ2v) is 9.33. The van der Waals surface area contributed by atoms with Gasteiger partial charge >= 0.3 is 0 Å². The summed E-state index contributed by atoms with van der Waals surface area (Å²) in [7, 11) is 4.83. The predicted molar refractivity (Wildman–Crippen MR) is 138 cm³/mol. The first-order chi connectivity index (χ1) is 16.2. The highest BCUT2D eigenvalue weighted by atomic mass is 16.5. The Morgan fingerprint density at radius 2 is 1.53 bits per heavy atom. The Morgan fingerprint density at radius 1 is 0.882 bits per heavy atom. The van der Waals surface area contributed by atoms with E-state index in [0.29, 0.717) is 40.8 Å². The summed E-state index contributed by atoms with van der Waals surface area (Å²) in [5.74, 6) is 2.23. The zero-order valence-corrected chi connectivity index (χ0v) is 21.2. The minimum Gasteiger partial charge on any atom is -0.497 e. The largest absolute Gasteiger partial charge is 0.497 e. The first-order valence-corrected chi connectivity index (χ1v) is 11.5. The van der Waals surface area contributed by atoms with Gasteiger partial charge in [-0.05, 0) is 35.2 Å². The number of nitrogens with one attached hydrogen (secondary N) is 1. The van der Waals surface area contributed by atoms with Crippen LogP contribution in [0.3, 0.4) is 0 Å². The van der Waals surface area contributed by atoms with Crippen molar-refractivity contribution in [2.45, 2.75) is 39.0 Å². The van der Waals surface area contributed by atoms with E-state index in [1.807, 2.05) is 48.5 Å². The van der Waals surface area contributed by atoms with Crippen LogP contribution < -0.4 is 19.5 Å². The first kappa shape index (κ1) is 25.2. The molecule has 0 aliphatic rings. The monoisotopic (exact) mass is 461 g/mol. The van der Waals surface area contributed by atoms with Crippen molar-refractivity contribution < 1.29 is 19.0 Å². The summed E-state index contributed by atoms with van der Waals surface area (Å²) in [6.07, 6.45) is 0. The van der Waals surface area contributed by atoms with Crippen LogP contribution in [0.2, 0.25) is 0 Å². The third-order valence-corrected chi connectivity index (χ3v) is 6.18. The lowest BCUT2D eigenvalue weighted by atomic mass is 9.84. The van der Waals surface area contributed by atoms with Crippen molar-refractivity contribution in [3.63, 3.8) is 0 Å². The molecular formula is C29H35NO4. The van der Waals surface area contributed by atoms with E-state index < -0.39 is 0 Å². The molecule has 0 saturated heterocycles. The molecule has 180 valence electrons. The predicted octanol–water partition coefficient (Wildman–Crippen LogP) is 6.46. The molecule has 0 radical (unpaired) electrons. The van der Waals surface area contributed by atoms with E-state index in [1.165, 1.54) is 5.56 Å². The van der Waals surface area contributed by atoms with Gasteiger partial charge in [0.25, 0.3) is 0 Å². The molecule has 0 unspecified atom stereocenters. The lowest BCUT2D eigenvalue weighted by molar-refractivity contribution is 0.103. The van der Waals surface area contributed by atoms with Crippen molar-refractivity contribution in [1.29, 1.82) is 0 Å². The first-order valence-electron chi connectivity index (χ1n) is 11.5. The van der Waals surface area contributed by atoms with E-state index >= 15 is 0 Å². The molecule has 5 nitrogen and oxygen atoms in total. The lowest BCUT2D eigenvalue weighted by Gasteiger charge is -2.27. The van der Waals surface area contributed by atoms with Crippen molar-refractivity contribution in [1.82, 2.24) is 0 Å². The maximum Gasteiger partial charge on any atom is 0.195 e. The van der Waals surface area contributed by atoms with Crippen LogP contribution in [0.25, 0.3) is 0 Å². The van der Waals surface area contributed by atoms with Crippen molar-refractivity contribution in [2.24, 2.45) is 0 Å². The molecule has 0 aliphatic heterocycles. The topological polar surface area (TPSA) is 56.8 Å². The summed E-state index contributed by atoms with van der Waals surface area (Å²) in [6.45, 7) is 9.18. The summed E-state index contributed by atoms with van der Waals surface area (Å²) in [6, 6.07) is 19.4. The molecule has 34 heavy (non-hydrogen) atoms. The molecule has 5 heteroatoms. The summed E-state index contributed by atoms with van der Waals surface area (Å²) in [5, 5.41) is 3.50. The molecule has 0 amide bonds. The summed E-state index contributed by atoms with van der Waals surface area (Å²) >= 11 is 0. The molecule has 0 aromatic heterocycles. The van der Waals surface area contributed by atoms with Crippen molar-refractivity contribution in [3.8, 4) is 17.2 Å². The molecule has 3 aromatic rings. The van der Waals surface area contributed by atoms with Gasteiger partial charge in [0.2, 0.25) is 0 Å². The van der Waals surface area contributed by atoms with Gasteiger partial charge in [-0.1, -0.05) is 64.1 Å². The lowest BCUT2D eigenvalue weighted by Crippen LogP contribution is -2.28. The third-order valence-electron chi connectivity index (χ3n) is 6.18. The molecular weight excluding hydrogens is 426 g/mol. The minimum atomic E-state index is -0.221. The van der Waals surface area contributed by atoms with E-state index in [4.69, 9.17) is 14.2 Å². The molecule has 0 heterocycles. The summed E-state index contributed by atoms with van der Waals surface area (Å²) in [5.41, 5.74) is 3.98. The van der Waals surface area contributed by atoms with Gasteiger partial charge in [0.1, 0.15) is 5.75 Å². The minimum absolute atomic E-state index is 0.0713. The van der Waals surface area contributed by atoms with Crippen LogP contribution in [0.1, 0.15) is 60.7 Å². The van der Waals surface area contributed by atoms with Crippen LogP contribution in [0.15, 0.2) is 60.7 Å². The van der Waals surface area contributed by atoms with Gasteiger partial charge in [-0.2, -0.15) is 0 Å². The number of ketones is 1. The standard InChI is InChI=1S/C29H35NO4/c1-19(2)20-11-13-21(14-12-20)28(31)24-16-26(33-6)27(34-7)17-25(24)30-18-29(3,4)22-9-8-10-23(15-22)32-5/h8-17,19,30H,18H2,1-7H3. The number of hydrogen-bond donors (Lipinski definition) is 1. The average Bonchev–Trinajstić information content (AvgIpc) is 2.86. The molecule has 3 aromatic carbocycles. The fourth-order valence-corrected chi connectivity index (χ4v) is 3.85. The Hall–Kier alpha value is -3.47. The molecule has 0 fully saturated rings. The van der Waals surface area contributed by atoms with Gasteiger partial charge in [-0.25, -0.2) is 0 Å². The fourth-order valence-electron chi connectivity index (χ4n) is 3.85. The normalized spacial score (nSPS) is 11.3. The van der Waals surface area contributed by atoms with Gasteiger partial charge in [0, 0.05) is 34.8 Å². The Labute approximate surface area is 203 Å². The maximum atomic E-state index is 13.5. The van der Waals surface area contributed by atoms with Crippen molar-refractivity contribution in [2.75, 3.05) is 33.2 Å². The van der Waals surface area contributed by atoms with Gasteiger partial charge in [-0.3, -0.25) is 4.79 Å². The van der Waals surface area contributed by atoms with Crippen molar-refractivity contribution >= 4 is 11.5 Å². The summed E-state index contributed by atoms with van der Waals surface area (Å²) in [4.78, 5) is 13.5. The van der Waals surface area contributed by atoms with E-state index in [9.17, 15) is 4.79 Å². The number of carbonyl (C=O) groups is 1. The van der Waals surface area contributed by atoms with Gasteiger partial charge in [0.15, 0.2) is 17.3 Å². The Kier molecular flexibility index (Phi) is 7.87. The quantitative estimate of drug-likeness (QED) is 0.351. The number of carbonyl (C=O) groups excluding carboxylic acids is 1. The second-order valence-electron chi connectivity index (χ2n) is 9.33. The number of rotatable bonds is 10. The van der Waals surface area contributed by atoms with Gasteiger partial charge in [0.05, 0.1) is 21.3 Å². The Morgan fingerprint density at radius 3 is 2.12 bits per heavy atom. The average molecular weight is 462 g/mol. The maximum absolute atomic E-state index is 13.5. The third kappa shape index (κ3) is 5.53. The van der Waals surface area contributed by atoms with Gasteiger partial charge < -0.3 is 19.5 Å². The Balaban J connectivity index is 1.96. The van der Waals surface area contributed by atoms with Crippen molar-refractivity contribution in [3.05, 3.63) is 82.9 Å². The molecule has 1 N–H and O–H groups in total. The van der Waals surface area contributed by atoms with Crippen LogP contribution in [0.4, 0.5) is 5.69 Å². The Bertz CT molecular complexity index is 1130. The second kappa shape index (κ2) is 10.6. The van der Waals surface area contributed by atoms with E-state index in [2.05, 4.69) is 39.1 Å². The molecule has 0 bridgehead atoms.